The standard InChI is InChI=1S/C23H19N5O3/c1-31-19-14-12-18(13-15-19)28-23(25-21(30)17-10-6-3-7-11-17)26-22(27-28)24-20(29)16-8-4-2-5-9-16/h2-15H,1H3,(H2,24,25,26,27,29,30). The predicted molar refractivity (Wildman–Crippen MR) is 117 cm³/mol. The van der Waals surface area contributed by atoms with Crippen LogP contribution in [0.15, 0.2) is 84.9 Å². The van der Waals surface area contributed by atoms with Gasteiger partial charge in [0.15, 0.2) is 0 Å². The van der Waals surface area contributed by atoms with Crippen LogP contribution in [0.1, 0.15) is 20.7 Å². The zero-order chi connectivity index (χ0) is 21.6. The number of methoxy groups -OCH3 is 1. The normalized spacial score (nSPS) is 10.4. The highest BCUT2D eigenvalue weighted by molar-refractivity contribution is 6.04. The number of nitrogens with zero attached hydrogens (tertiary/aromatic N) is 3. The van der Waals surface area contributed by atoms with Gasteiger partial charge in [0, 0.05) is 11.1 Å². The lowest BCUT2D eigenvalue weighted by Crippen LogP contribution is -2.15. The van der Waals surface area contributed by atoms with Gasteiger partial charge in [-0.1, -0.05) is 36.4 Å². The SMILES string of the molecule is COc1ccc(-n2nc(NC(=O)c3ccccc3)nc2NC(=O)c2ccccc2)cc1. The molecule has 4 rings (SSSR count). The first kappa shape index (κ1) is 19.8. The molecule has 0 aliphatic heterocycles. The fraction of sp³-hybridized carbons (Fsp3) is 0.0435. The quantitative estimate of drug-likeness (QED) is 0.501. The fourth-order valence-electron chi connectivity index (χ4n) is 2.88. The summed E-state index contributed by atoms with van der Waals surface area (Å²) in [4.78, 5) is 29.5. The summed E-state index contributed by atoms with van der Waals surface area (Å²) in [6, 6.07) is 24.6. The van der Waals surface area contributed by atoms with Crippen molar-refractivity contribution in [2.45, 2.75) is 0 Å². The number of ether oxygens (including phenoxy) is 1. The number of hydrogen-bond donors (Lipinski definition) is 2. The Morgan fingerprint density at radius 3 is 1.87 bits per heavy atom. The van der Waals surface area contributed by atoms with Gasteiger partial charge in [-0.2, -0.15) is 9.67 Å². The van der Waals surface area contributed by atoms with Crippen LogP contribution in [0.5, 0.6) is 5.75 Å². The number of carbonyl (C=O) groups excluding carboxylic acids is 2. The molecule has 0 unspecified atom stereocenters. The van der Waals surface area contributed by atoms with E-state index < -0.39 is 0 Å². The number of rotatable bonds is 6. The summed E-state index contributed by atoms with van der Waals surface area (Å²) in [6.07, 6.45) is 0. The van der Waals surface area contributed by atoms with Crippen LogP contribution in [0.2, 0.25) is 0 Å². The summed E-state index contributed by atoms with van der Waals surface area (Å²) in [5, 5.41) is 9.79. The number of nitrogens with one attached hydrogen (secondary N) is 2. The molecule has 0 bridgehead atoms. The number of carbonyl (C=O) groups is 2. The van der Waals surface area contributed by atoms with Crippen LogP contribution in [0.25, 0.3) is 5.69 Å². The highest BCUT2D eigenvalue weighted by atomic mass is 16.5. The summed E-state index contributed by atoms with van der Waals surface area (Å²) in [6.45, 7) is 0. The van der Waals surface area contributed by atoms with Crippen molar-refractivity contribution in [2.24, 2.45) is 0 Å². The molecular formula is C23H19N5O3. The maximum Gasteiger partial charge on any atom is 0.258 e. The Labute approximate surface area is 178 Å². The van der Waals surface area contributed by atoms with Gasteiger partial charge in [-0.25, -0.2) is 0 Å². The van der Waals surface area contributed by atoms with Crippen LogP contribution in [-0.4, -0.2) is 33.7 Å². The molecule has 154 valence electrons. The highest BCUT2D eigenvalue weighted by Crippen LogP contribution is 2.20. The van der Waals surface area contributed by atoms with Crippen molar-refractivity contribution < 1.29 is 14.3 Å². The Balaban J connectivity index is 1.65. The molecule has 0 atom stereocenters. The summed E-state index contributed by atoms with van der Waals surface area (Å²) < 4.78 is 6.64. The van der Waals surface area contributed by atoms with Crippen molar-refractivity contribution in [1.29, 1.82) is 0 Å². The lowest BCUT2D eigenvalue weighted by atomic mass is 10.2. The molecule has 1 aromatic heterocycles. The van der Waals surface area contributed by atoms with Crippen molar-refractivity contribution in [3.8, 4) is 11.4 Å². The fourth-order valence-corrected chi connectivity index (χ4v) is 2.88. The van der Waals surface area contributed by atoms with Crippen LogP contribution in [-0.2, 0) is 0 Å². The summed E-state index contributed by atoms with van der Waals surface area (Å²) >= 11 is 0. The third kappa shape index (κ3) is 4.59. The van der Waals surface area contributed by atoms with E-state index in [2.05, 4.69) is 20.7 Å². The first-order valence-electron chi connectivity index (χ1n) is 9.48. The van der Waals surface area contributed by atoms with Gasteiger partial charge in [0.1, 0.15) is 5.75 Å². The largest absolute Gasteiger partial charge is 0.497 e. The number of aromatic nitrogens is 3. The smallest absolute Gasteiger partial charge is 0.258 e. The van der Waals surface area contributed by atoms with E-state index in [0.717, 1.165) is 0 Å². The van der Waals surface area contributed by atoms with Crippen molar-refractivity contribution >= 4 is 23.7 Å². The monoisotopic (exact) mass is 413 g/mol. The summed E-state index contributed by atoms with van der Waals surface area (Å²) in [7, 11) is 1.58. The minimum absolute atomic E-state index is 0.0630. The van der Waals surface area contributed by atoms with E-state index in [1.165, 1.54) is 4.68 Å². The highest BCUT2D eigenvalue weighted by Gasteiger charge is 2.17. The second-order valence-corrected chi connectivity index (χ2v) is 6.51. The Morgan fingerprint density at radius 1 is 0.774 bits per heavy atom. The topological polar surface area (TPSA) is 98.1 Å². The summed E-state index contributed by atoms with van der Waals surface area (Å²) in [5.74, 6) is 0.212. The Bertz CT molecular complexity index is 1190. The Hall–Kier alpha value is -4.46. The van der Waals surface area contributed by atoms with E-state index in [0.29, 0.717) is 22.6 Å². The molecule has 2 amide bonds. The molecule has 0 aliphatic rings. The van der Waals surface area contributed by atoms with Crippen LogP contribution < -0.4 is 15.4 Å². The van der Waals surface area contributed by atoms with E-state index >= 15 is 0 Å². The second kappa shape index (κ2) is 8.91. The van der Waals surface area contributed by atoms with Gasteiger partial charge in [-0.3, -0.25) is 20.2 Å². The third-order valence-electron chi connectivity index (χ3n) is 4.45. The van der Waals surface area contributed by atoms with Gasteiger partial charge in [0.25, 0.3) is 17.8 Å². The minimum Gasteiger partial charge on any atom is -0.497 e. The molecule has 4 aromatic rings. The third-order valence-corrected chi connectivity index (χ3v) is 4.45. The molecule has 31 heavy (non-hydrogen) atoms. The van der Waals surface area contributed by atoms with E-state index in [4.69, 9.17) is 4.74 Å². The van der Waals surface area contributed by atoms with Gasteiger partial charge < -0.3 is 4.74 Å². The predicted octanol–water partition coefficient (Wildman–Crippen LogP) is 3.78. The number of amides is 2. The first-order valence-corrected chi connectivity index (χ1v) is 9.48. The number of benzene rings is 3. The number of anilines is 2. The van der Waals surface area contributed by atoms with Crippen molar-refractivity contribution in [3.63, 3.8) is 0 Å². The molecule has 0 aliphatic carbocycles. The average Bonchev–Trinajstić information content (AvgIpc) is 3.22. The van der Waals surface area contributed by atoms with Crippen molar-refractivity contribution in [3.05, 3.63) is 96.1 Å². The lowest BCUT2D eigenvalue weighted by molar-refractivity contribution is 0.101. The molecule has 8 nitrogen and oxygen atoms in total. The molecule has 0 fully saturated rings. The zero-order valence-electron chi connectivity index (χ0n) is 16.6. The molecule has 0 radical (unpaired) electrons. The van der Waals surface area contributed by atoms with Gasteiger partial charge in [-0.15, -0.1) is 5.10 Å². The molecular weight excluding hydrogens is 394 g/mol. The van der Waals surface area contributed by atoms with Gasteiger partial charge in [0.2, 0.25) is 5.95 Å². The van der Waals surface area contributed by atoms with Crippen LogP contribution >= 0.6 is 0 Å². The summed E-state index contributed by atoms with van der Waals surface area (Å²) in [5.41, 5.74) is 1.58. The molecule has 0 saturated carbocycles. The van der Waals surface area contributed by atoms with E-state index in [-0.39, 0.29) is 23.7 Å². The van der Waals surface area contributed by atoms with E-state index in [1.54, 1.807) is 79.9 Å². The number of hydrogen-bond acceptors (Lipinski definition) is 5. The van der Waals surface area contributed by atoms with Crippen molar-refractivity contribution in [2.75, 3.05) is 17.7 Å². The maximum absolute atomic E-state index is 12.7. The molecule has 1 heterocycles. The van der Waals surface area contributed by atoms with Crippen LogP contribution in [0.4, 0.5) is 11.9 Å². The van der Waals surface area contributed by atoms with E-state index in [9.17, 15) is 9.59 Å². The van der Waals surface area contributed by atoms with Crippen LogP contribution in [0.3, 0.4) is 0 Å². The molecule has 8 heteroatoms. The van der Waals surface area contributed by atoms with Gasteiger partial charge >= 0.3 is 0 Å². The van der Waals surface area contributed by atoms with E-state index in [1.807, 2.05) is 12.1 Å². The molecule has 3 aromatic carbocycles. The zero-order valence-corrected chi connectivity index (χ0v) is 16.6. The van der Waals surface area contributed by atoms with Gasteiger partial charge in [-0.05, 0) is 48.5 Å². The Kier molecular flexibility index (Phi) is 5.70. The first-order chi connectivity index (χ1) is 15.1. The lowest BCUT2D eigenvalue weighted by Gasteiger charge is -2.08. The molecule has 0 saturated heterocycles. The van der Waals surface area contributed by atoms with Crippen molar-refractivity contribution in [1.82, 2.24) is 14.8 Å². The van der Waals surface area contributed by atoms with Gasteiger partial charge in [0.05, 0.1) is 12.8 Å². The minimum atomic E-state index is -0.353. The second-order valence-electron chi connectivity index (χ2n) is 6.51. The average molecular weight is 413 g/mol. The van der Waals surface area contributed by atoms with Crippen LogP contribution in [0, 0.1) is 0 Å². The molecule has 0 spiro atoms. The molecule has 2 N–H and O–H groups in total. The Morgan fingerprint density at radius 2 is 1.32 bits per heavy atom. The maximum atomic E-state index is 12.7.